The van der Waals surface area contributed by atoms with Crippen molar-refractivity contribution in [2.24, 2.45) is 5.92 Å². The summed E-state index contributed by atoms with van der Waals surface area (Å²) in [4.78, 5) is 0. The molecule has 3 unspecified atom stereocenters. The van der Waals surface area contributed by atoms with Crippen LogP contribution in [0, 0.1) is 25.7 Å². The molecule has 3 atom stereocenters. The fraction of sp³-hybridized carbons (Fsp3) is 0.350. The smallest absolute Gasteiger partial charge is 0.0381 e. The van der Waals surface area contributed by atoms with Gasteiger partial charge < -0.3 is 5.32 Å². The predicted molar refractivity (Wildman–Crippen MR) is 191 cm³/mol. The van der Waals surface area contributed by atoms with Crippen molar-refractivity contribution in [3.05, 3.63) is 140 Å². The minimum absolute atomic E-state index is 0.671. The molecule has 41 heavy (non-hydrogen) atoms. The average molecular weight is 554 g/mol. The zero-order valence-corrected chi connectivity index (χ0v) is 27.5. The Morgan fingerprint density at radius 3 is 1.71 bits per heavy atom. The van der Waals surface area contributed by atoms with Crippen LogP contribution in [0.1, 0.15) is 95.4 Å². The number of benzene rings is 3. The van der Waals surface area contributed by atoms with Crippen LogP contribution in [0.2, 0.25) is 0 Å². The molecule has 0 saturated heterocycles. The summed E-state index contributed by atoms with van der Waals surface area (Å²) in [6.45, 7) is 32.9. The van der Waals surface area contributed by atoms with E-state index >= 15 is 0 Å². The normalized spacial score (nSPS) is 15.3. The average Bonchev–Trinajstić information content (AvgIpc) is 3.06. The fourth-order valence-corrected chi connectivity index (χ4v) is 4.56. The Balaban J connectivity index is -0.000000586. The molecule has 0 saturated carbocycles. The van der Waals surface area contributed by atoms with Gasteiger partial charge in [0.25, 0.3) is 0 Å². The van der Waals surface area contributed by atoms with Crippen molar-refractivity contribution in [3.8, 4) is 12.8 Å². The Bertz CT molecular complexity index is 1030. The molecule has 0 aliphatic heterocycles. The standard InChI is InChI=1S/C20H24.C10H13N.2C2H6.2C2H4.C2H2/c1-14-8-10-17(11-9-14)13-20-16(3)12-15(2)18-6-4-5-7-19(18)20;1-3-9(2)11-10-7-5-4-6-8-10;5*1-2/h4-11,15-16,20H,12-13H2,1-3H3;4-8,11H,2-3H2,1H3;2*1-2H3;2*1-2H2;1-2H. The van der Waals surface area contributed by atoms with Gasteiger partial charge in [-0.2, -0.15) is 0 Å². The van der Waals surface area contributed by atoms with Gasteiger partial charge in [-0.25, -0.2) is 0 Å². The molecule has 1 nitrogen and oxygen atoms in total. The summed E-state index contributed by atoms with van der Waals surface area (Å²) < 4.78 is 0. The third-order valence-corrected chi connectivity index (χ3v) is 6.44. The Morgan fingerprint density at radius 2 is 1.22 bits per heavy atom. The molecule has 0 heterocycles. The first kappa shape index (κ1) is 41.7. The molecule has 3 aromatic carbocycles. The van der Waals surface area contributed by atoms with E-state index in [4.69, 9.17) is 0 Å². The van der Waals surface area contributed by atoms with E-state index in [0.717, 1.165) is 23.7 Å². The number of aryl methyl sites for hydroxylation is 1. The van der Waals surface area contributed by atoms with Crippen LogP contribution in [0.5, 0.6) is 0 Å². The highest BCUT2D eigenvalue weighted by molar-refractivity contribution is 5.47. The van der Waals surface area contributed by atoms with E-state index in [0.29, 0.717) is 11.8 Å². The van der Waals surface area contributed by atoms with E-state index < -0.39 is 0 Å². The summed E-state index contributed by atoms with van der Waals surface area (Å²) in [5.74, 6) is 2.14. The molecule has 0 amide bonds. The highest BCUT2D eigenvalue weighted by atomic mass is 14.9. The van der Waals surface area contributed by atoms with E-state index in [9.17, 15) is 0 Å². The van der Waals surface area contributed by atoms with Crippen molar-refractivity contribution in [2.45, 2.75) is 86.5 Å². The minimum Gasteiger partial charge on any atom is -0.359 e. The van der Waals surface area contributed by atoms with E-state index in [1.54, 1.807) is 11.1 Å². The van der Waals surface area contributed by atoms with Crippen molar-refractivity contribution in [1.29, 1.82) is 0 Å². The minimum atomic E-state index is 0.671. The van der Waals surface area contributed by atoms with Crippen molar-refractivity contribution < 1.29 is 0 Å². The second-order valence-electron chi connectivity index (χ2n) is 8.99. The highest BCUT2D eigenvalue weighted by Crippen LogP contribution is 2.43. The van der Waals surface area contributed by atoms with Gasteiger partial charge in [-0.1, -0.05) is 127 Å². The molecule has 0 aromatic heterocycles. The molecule has 224 valence electrons. The summed E-state index contributed by atoms with van der Waals surface area (Å²) in [6, 6.07) is 28.2. The van der Waals surface area contributed by atoms with Gasteiger partial charge >= 0.3 is 0 Å². The van der Waals surface area contributed by atoms with E-state index in [-0.39, 0.29) is 0 Å². The lowest BCUT2D eigenvalue weighted by molar-refractivity contribution is 0.368. The molecule has 1 heteroatoms. The van der Waals surface area contributed by atoms with Crippen LogP contribution in [-0.4, -0.2) is 0 Å². The van der Waals surface area contributed by atoms with Gasteiger partial charge in [0.2, 0.25) is 0 Å². The Hall–Kier alpha value is -3.76. The van der Waals surface area contributed by atoms with Crippen LogP contribution in [-0.2, 0) is 6.42 Å². The third-order valence-electron chi connectivity index (χ3n) is 6.44. The molecule has 0 spiro atoms. The molecular weight excluding hydrogens is 494 g/mol. The molecule has 3 aromatic rings. The monoisotopic (exact) mass is 553 g/mol. The molecule has 0 bridgehead atoms. The van der Waals surface area contributed by atoms with Gasteiger partial charge in [0.05, 0.1) is 0 Å². The van der Waals surface area contributed by atoms with E-state index in [1.165, 1.54) is 24.0 Å². The molecule has 4 rings (SSSR count). The van der Waals surface area contributed by atoms with Crippen LogP contribution in [0.25, 0.3) is 0 Å². The first-order valence-electron chi connectivity index (χ1n) is 15.0. The van der Waals surface area contributed by atoms with Gasteiger partial charge in [0.15, 0.2) is 0 Å². The lowest BCUT2D eigenvalue weighted by atomic mass is 9.69. The predicted octanol–water partition coefficient (Wildman–Crippen LogP) is 12.4. The largest absolute Gasteiger partial charge is 0.359 e. The summed E-state index contributed by atoms with van der Waals surface area (Å²) in [7, 11) is 0. The van der Waals surface area contributed by atoms with Crippen LogP contribution in [0.4, 0.5) is 5.69 Å². The Kier molecular flexibility index (Phi) is 28.3. The van der Waals surface area contributed by atoms with Crippen LogP contribution >= 0.6 is 0 Å². The van der Waals surface area contributed by atoms with Crippen molar-refractivity contribution in [1.82, 2.24) is 0 Å². The summed E-state index contributed by atoms with van der Waals surface area (Å²) in [5.41, 5.74) is 8.13. The van der Waals surface area contributed by atoms with Crippen LogP contribution in [0.15, 0.2) is 117 Å². The quantitative estimate of drug-likeness (QED) is 0.245. The SMILES string of the molecule is C#C.C=C.C=C.C=C(CC)Nc1ccccc1.CC.CC.Cc1ccc(CC2c3ccccc3C(C)CC2C)cc1. The second kappa shape index (κ2) is 27.8. The first-order chi connectivity index (χ1) is 20.0. The topological polar surface area (TPSA) is 12.0 Å². The number of anilines is 1. The Labute approximate surface area is 255 Å². The van der Waals surface area contributed by atoms with Crippen molar-refractivity contribution in [3.63, 3.8) is 0 Å². The molecule has 0 radical (unpaired) electrons. The number of para-hydroxylation sites is 1. The fourth-order valence-electron chi connectivity index (χ4n) is 4.56. The molecule has 1 N–H and O–H groups in total. The lowest BCUT2D eigenvalue weighted by Gasteiger charge is -2.35. The molecular formula is C40H59N. The van der Waals surface area contributed by atoms with Crippen molar-refractivity contribution in [2.75, 3.05) is 5.32 Å². The molecule has 0 fully saturated rings. The zero-order chi connectivity index (χ0) is 32.2. The van der Waals surface area contributed by atoms with Gasteiger partial charge in [0.1, 0.15) is 0 Å². The molecule has 1 aliphatic carbocycles. The number of terminal acetylenes is 1. The lowest BCUT2D eigenvalue weighted by Crippen LogP contribution is -2.22. The number of nitrogens with one attached hydrogen (secondary N) is 1. The number of hydrogen-bond donors (Lipinski definition) is 1. The maximum atomic E-state index is 4.00. The van der Waals surface area contributed by atoms with Gasteiger partial charge in [-0.3, -0.25) is 0 Å². The van der Waals surface area contributed by atoms with Crippen LogP contribution in [0.3, 0.4) is 0 Å². The van der Waals surface area contributed by atoms with Crippen LogP contribution < -0.4 is 5.32 Å². The number of rotatable bonds is 5. The molecule has 1 aliphatic rings. The van der Waals surface area contributed by atoms with Crippen molar-refractivity contribution >= 4 is 5.69 Å². The maximum Gasteiger partial charge on any atom is 0.0381 e. The third kappa shape index (κ3) is 16.2. The Morgan fingerprint density at radius 1 is 0.756 bits per heavy atom. The van der Waals surface area contributed by atoms with Gasteiger partial charge in [-0.05, 0) is 72.8 Å². The number of fused-ring (bicyclic) bond motifs is 1. The summed E-state index contributed by atoms with van der Waals surface area (Å²) >= 11 is 0. The highest BCUT2D eigenvalue weighted by Gasteiger charge is 2.30. The first-order valence-corrected chi connectivity index (χ1v) is 15.0. The van der Waals surface area contributed by atoms with E-state index in [2.05, 4.69) is 127 Å². The van der Waals surface area contributed by atoms with E-state index in [1.807, 2.05) is 58.0 Å². The number of hydrogen-bond acceptors (Lipinski definition) is 1. The summed E-state index contributed by atoms with van der Waals surface area (Å²) in [6.07, 6.45) is 11.5. The second-order valence-corrected chi connectivity index (χ2v) is 8.99. The van der Waals surface area contributed by atoms with Gasteiger partial charge in [0, 0.05) is 11.4 Å². The zero-order valence-electron chi connectivity index (χ0n) is 27.5. The van der Waals surface area contributed by atoms with Gasteiger partial charge in [-0.15, -0.1) is 39.2 Å². The maximum absolute atomic E-state index is 4.00. The number of allylic oxidation sites excluding steroid dienone is 1. The summed E-state index contributed by atoms with van der Waals surface area (Å²) in [5, 5.41) is 3.20.